The fraction of sp³-hybridized carbons (Fsp3) is 0.111. The predicted molar refractivity (Wildman–Crippen MR) is 124 cm³/mol. The summed E-state index contributed by atoms with van der Waals surface area (Å²) < 4.78 is 8.19. The third-order valence-electron chi connectivity index (χ3n) is 3.58. The molecule has 1 heterocycles. The second-order valence-electron chi connectivity index (χ2n) is 5.26. The van der Waals surface area contributed by atoms with Crippen molar-refractivity contribution < 1.29 is 9.53 Å². The highest BCUT2D eigenvalue weighted by atomic mass is 127. The number of methoxy groups -OCH3 is 1. The van der Waals surface area contributed by atoms with Gasteiger partial charge < -0.3 is 4.74 Å². The van der Waals surface area contributed by atoms with Crippen molar-refractivity contribution in [3.05, 3.63) is 65.6 Å². The Balaban J connectivity index is 1.91. The SMILES string of the molecule is COc1c(I)cc(I)cc1/C=C1\SC(=S)N(Cc2ccccc2)C1=O. The molecule has 25 heavy (non-hydrogen) atoms. The van der Waals surface area contributed by atoms with Crippen LogP contribution in [-0.4, -0.2) is 22.2 Å². The number of benzene rings is 2. The maximum atomic E-state index is 12.8. The molecular formula is C18H13I2NO2S2. The van der Waals surface area contributed by atoms with Crippen LogP contribution < -0.4 is 4.74 Å². The quantitative estimate of drug-likeness (QED) is 0.274. The van der Waals surface area contributed by atoms with E-state index in [9.17, 15) is 4.79 Å². The summed E-state index contributed by atoms with van der Waals surface area (Å²) in [5.74, 6) is 0.712. The van der Waals surface area contributed by atoms with Gasteiger partial charge in [0.2, 0.25) is 0 Å². The highest BCUT2D eigenvalue weighted by molar-refractivity contribution is 14.1. The molecule has 0 radical (unpaired) electrons. The Bertz CT molecular complexity index is 869. The molecule has 0 aliphatic carbocycles. The van der Waals surface area contributed by atoms with Crippen molar-refractivity contribution in [2.24, 2.45) is 0 Å². The van der Waals surface area contributed by atoms with Gasteiger partial charge in [0.15, 0.2) is 0 Å². The minimum absolute atomic E-state index is 0.0604. The molecule has 0 saturated carbocycles. The first kappa shape index (κ1) is 19.1. The molecule has 3 nitrogen and oxygen atoms in total. The van der Waals surface area contributed by atoms with E-state index < -0.39 is 0 Å². The van der Waals surface area contributed by atoms with E-state index in [1.165, 1.54) is 11.8 Å². The molecular weight excluding hydrogens is 580 g/mol. The van der Waals surface area contributed by atoms with Gasteiger partial charge in [-0.15, -0.1) is 0 Å². The molecule has 2 aromatic carbocycles. The molecule has 1 fully saturated rings. The van der Waals surface area contributed by atoms with Crippen molar-refractivity contribution in [3.8, 4) is 5.75 Å². The topological polar surface area (TPSA) is 29.5 Å². The highest BCUT2D eigenvalue weighted by Crippen LogP contribution is 2.36. The zero-order valence-electron chi connectivity index (χ0n) is 13.2. The lowest BCUT2D eigenvalue weighted by Crippen LogP contribution is -2.27. The third-order valence-corrected chi connectivity index (χ3v) is 6.39. The number of nitrogens with zero attached hydrogens (tertiary/aromatic N) is 1. The van der Waals surface area contributed by atoms with Gasteiger partial charge in [0.25, 0.3) is 5.91 Å². The first-order chi connectivity index (χ1) is 12.0. The van der Waals surface area contributed by atoms with Gasteiger partial charge in [-0.25, -0.2) is 0 Å². The van der Waals surface area contributed by atoms with Crippen LogP contribution in [0, 0.1) is 7.14 Å². The van der Waals surface area contributed by atoms with Crippen molar-refractivity contribution in [2.75, 3.05) is 7.11 Å². The van der Waals surface area contributed by atoms with Crippen LogP contribution in [0.3, 0.4) is 0 Å². The van der Waals surface area contributed by atoms with Crippen LogP contribution in [0.15, 0.2) is 47.4 Å². The summed E-state index contributed by atoms with van der Waals surface area (Å²) in [7, 11) is 1.64. The second-order valence-corrected chi connectivity index (χ2v) is 9.35. The van der Waals surface area contributed by atoms with Crippen LogP contribution in [0.25, 0.3) is 6.08 Å². The average molecular weight is 593 g/mol. The van der Waals surface area contributed by atoms with Crippen molar-refractivity contribution in [2.45, 2.75) is 6.54 Å². The van der Waals surface area contributed by atoms with Crippen LogP contribution in [-0.2, 0) is 11.3 Å². The number of carbonyl (C=O) groups is 1. The minimum atomic E-state index is -0.0604. The lowest BCUT2D eigenvalue weighted by atomic mass is 10.1. The number of halogens is 2. The number of rotatable bonds is 4. The number of hydrogen-bond acceptors (Lipinski definition) is 4. The van der Waals surface area contributed by atoms with Gasteiger partial charge in [-0.05, 0) is 69.0 Å². The van der Waals surface area contributed by atoms with E-state index in [4.69, 9.17) is 17.0 Å². The summed E-state index contributed by atoms with van der Waals surface area (Å²) in [5, 5.41) is 0. The summed E-state index contributed by atoms with van der Waals surface area (Å²) in [6.07, 6.45) is 1.87. The highest BCUT2D eigenvalue weighted by Gasteiger charge is 2.32. The molecule has 0 spiro atoms. The van der Waals surface area contributed by atoms with Crippen LogP contribution in [0.2, 0.25) is 0 Å². The van der Waals surface area contributed by atoms with Gasteiger partial charge in [0.05, 0.1) is 22.1 Å². The first-order valence-corrected chi connectivity index (χ1v) is 10.7. The number of thioether (sulfide) groups is 1. The Hall–Kier alpha value is -0.650. The fourth-order valence-corrected chi connectivity index (χ4v) is 5.80. The molecule has 1 saturated heterocycles. The van der Waals surface area contributed by atoms with Gasteiger partial charge in [-0.3, -0.25) is 9.69 Å². The van der Waals surface area contributed by atoms with Crippen molar-refractivity contribution in [1.82, 2.24) is 4.90 Å². The summed E-state index contributed by atoms with van der Waals surface area (Å²) in [5.41, 5.74) is 1.94. The Morgan fingerprint density at radius 1 is 1.24 bits per heavy atom. The van der Waals surface area contributed by atoms with Crippen molar-refractivity contribution >= 4 is 85.5 Å². The fourth-order valence-electron chi connectivity index (χ4n) is 2.45. The van der Waals surface area contributed by atoms with E-state index in [1.54, 1.807) is 12.0 Å². The molecule has 0 unspecified atom stereocenters. The van der Waals surface area contributed by atoms with Gasteiger partial charge in [0.1, 0.15) is 10.1 Å². The molecule has 1 aliphatic heterocycles. The van der Waals surface area contributed by atoms with Gasteiger partial charge >= 0.3 is 0 Å². The van der Waals surface area contributed by atoms with Crippen molar-refractivity contribution in [3.63, 3.8) is 0 Å². The lowest BCUT2D eigenvalue weighted by Gasteiger charge is -2.14. The minimum Gasteiger partial charge on any atom is -0.495 e. The molecule has 1 amide bonds. The first-order valence-electron chi connectivity index (χ1n) is 7.32. The van der Waals surface area contributed by atoms with E-state index >= 15 is 0 Å². The smallest absolute Gasteiger partial charge is 0.266 e. The van der Waals surface area contributed by atoms with Crippen LogP contribution in [0.5, 0.6) is 5.75 Å². The Kier molecular flexibility index (Phi) is 6.39. The monoisotopic (exact) mass is 593 g/mol. The van der Waals surface area contributed by atoms with Gasteiger partial charge in [0, 0.05) is 9.13 Å². The largest absolute Gasteiger partial charge is 0.495 e. The summed E-state index contributed by atoms with van der Waals surface area (Å²) in [6, 6.07) is 13.9. The number of carbonyl (C=O) groups excluding carboxylic acids is 1. The lowest BCUT2D eigenvalue weighted by molar-refractivity contribution is -0.122. The van der Waals surface area contributed by atoms with E-state index in [2.05, 4.69) is 45.2 Å². The van der Waals surface area contributed by atoms with E-state index in [0.717, 1.165) is 24.0 Å². The van der Waals surface area contributed by atoms with Crippen LogP contribution in [0.4, 0.5) is 0 Å². The Morgan fingerprint density at radius 2 is 1.96 bits per heavy atom. The van der Waals surface area contributed by atoms with Gasteiger partial charge in [-0.1, -0.05) is 54.3 Å². The zero-order valence-corrected chi connectivity index (χ0v) is 19.1. The maximum absolute atomic E-state index is 12.8. The maximum Gasteiger partial charge on any atom is 0.266 e. The molecule has 2 aromatic rings. The number of thiocarbonyl (C=S) groups is 1. The molecule has 1 aliphatic rings. The summed E-state index contributed by atoms with van der Waals surface area (Å²) >= 11 is 11.3. The molecule has 0 bridgehead atoms. The predicted octanol–water partition coefficient (Wildman–Crippen LogP) is 5.31. The molecule has 3 rings (SSSR count). The second kappa shape index (κ2) is 8.36. The molecule has 0 N–H and O–H groups in total. The third kappa shape index (κ3) is 4.37. The molecule has 7 heteroatoms. The van der Waals surface area contributed by atoms with Crippen LogP contribution in [0.1, 0.15) is 11.1 Å². The van der Waals surface area contributed by atoms with E-state index in [-0.39, 0.29) is 5.91 Å². The summed E-state index contributed by atoms with van der Waals surface area (Å²) in [4.78, 5) is 15.1. The van der Waals surface area contributed by atoms with Crippen molar-refractivity contribution in [1.29, 1.82) is 0 Å². The number of amides is 1. The van der Waals surface area contributed by atoms with E-state index in [1.807, 2.05) is 48.5 Å². The van der Waals surface area contributed by atoms with Gasteiger partial charge in [-0.2, -0.15) is 0 Å². The standard InChI is InChI=1S/C18H13I2NO2S2/c1-23-16-12(7-13(19)9-14(16)20)8-15-17(22)21(18(24)25-15)10-11-5-3-2-4-6-11/h2-9H,10H2,1H3/b15-8-. The molecule has 128 valence electrons. The zero-order chi connectivity index (χ0) is 18.0. The number of hydrogen-bond donors (Lipinski definition) is 0. The Labute approximate surface area is 183 Å². The van der Waals surface area contributed by atoms with Crippen LogP contribution >= 0.6 is 69.2 Å². The normalized spacial score (nSPS) is 16.0. The molecule has 0 atom stereocenters. The average Bonchev–Trinajstić information content (AvgIpc) is 2.83. The van der Waals surface area contributed by atoms with E-state index in [0.29, 0.717) is 15.8 Å². The Morgan fingerprint density at radius 3 is 2.64 bits per heavy atom. The number of ether oxygens (including phenoxy) is 1. The molecule has 0 aromatic heterocycles. The summed E-state index contributed by atoms with van der Waals surface area (Å²) in [6.45, 7) is 0.490.